The number of amides is 1. The number of para-hydroxylation sites is 1. The van der Waals surface area contributed by atoms with Crippen LogP contribution in [0, 0.1) is 0 Å². The third-order valence-electron chi connectivity index (χ3n) is 4.87. The van der Waals surface area contributed by atoms with Gasteiger partial charge in [-0.15, -0.1) is 0 Å². The largest absolute Gasteiger partial charge is 0.457 e. The van der Waals surface area contributed by atoms with Crippen LogP contribution in [0.25, 0.3) is 10.2 Å². The monoisotopic (exact) mass is 483 g/mol. The fourth-order valence-electron chi connectivity index (χ4n) is 3.25. The first kappa shape index (κ1) is 22.6. The van der Waals surface area contributed by atoms with Crippen molar-refractivity contribution in [1.82, 2.24) is 4.57 Å². The van der Waals surface area contributed by atoms with Crippen molar-refractivity contribution in [2.45, 2.75) is 0 Å². The number of anilines is 2. The number of nitrogens with zero attached hydrogens (tertiary/aromatic N) is 2. The third-order valence-corrected chi connectivity index (χ3v) is 7.00. The molecule has 0 saturated heterocycles. The van der Waals surface area contributed by atoms with Crippen LogP contribution in [0.1, 0.15) is 0 Å². The van der Waals surface area contributed by atoms with Crippen molar-refractivity contribution in [1.29, 1.82) is 0 Å². The van der Waals surface area contributed by atoms with Crippen molar-refractivity contribution >= 4 is 48.9 Å². The van der Waals surface area contributed by atoms with Crippen LogP contribution in [-0.4, -0.2) is 31.7 Å². The molecule has 4 rings (SSSR count). The van der Waals surface area contributed by atoms with Crippen LogP contribution in [0.4, 0.5) is 11.4 Å². The highest BCUT2D eigenvalue weighted by atomic mass is 32.2. The molecule has 4 aromatic rings. The minimum absolute atomic E-state index is 0.101. The number of benzene rings is 3. The topological polar surface area (TPSA) is 97.7 Å². The lowest BCUT2D eigenvalue weighted by atomic mass is 10.3. The number of aromatic nitrogens is 1. The summed E-state index contributed by atoms with van der Waals surface area (Å²) in [5.74, 6) is 0.690. The van der Waals surface area contributed by atoms with Gasteiger partial charge in [0.05, 0.1) is 22.2 Å². The lowest BCUT2D eigenvalue weighted by Crippen LogP contribution is -2.37. The molecule has 3 aromatic carbocycles. The molecule has 0 atom stereocenters. The van der Waals surface area contributed by atoms with Crippen LogP contribution in [-0.2, 0) is 21.9 Å². The number of carbonyl (C=O) groups is 1. The standard InChI is InChI=1S/C23H21N3O5S2/c1-25-20-13-8-16(14-21(20)32-23(25)28)24-22(27)15-26(33(2,29)30)17-9-11-19(12-10-17)31-18-6-4-3-5-7-18/h3-14H,15H2,1-2H3,(H,24,27). The first-order valence-electron chi connectivity index (χ1n) is 9.91. The summed E-state index contributed by atoms with van der Waals surface area (Å²) in [6, 6.07) is 20.8. The number of hydrogen-bond acceptors (Lipinski definition) is 6. The number of nitrogens with one attached hydrogen (secondary N) is 1. The molecular weight excluding hydrogens is 462 g/mol. The summed E-state index contributed by atoms with van der Waals surface area (Å²) >= 11 is 1.07. The number of sulfonamides is 1. The number of hydrogen-bond donors (Lipinski definition) is 1. The molecule has 1 heterocycles. The Balaban J connectivity index is 1.50. The molecule has 8 nitrogen and oxygen atoms in total. The number of ether oxygens (including phenoxy) is 1. The molecule has 0 aliphatic carbocycles. The summed E-state index contributed by atoms with van der Waals surface area (Å²) in [6.45, 7) is -0.402. The molecule has 0 radical (unpaired) electrons. The van der Waals surface area contributed by atoms with E-state index in [-0.39, 0.29) is 4.87 Å². The number of aryl methyl sites for hydroxylation is 1. The average Bonchev–Trinajstić information content (AvgIpc) is 3.05. The summed E-state index contributed by atoms with van der Waals surface area (Å²) in [7, 11) is -2.04. The third kappa shape index (κ3) is 5.24. The number of rotatable bonds is 7. The zero-order valence-corrected chi connectivity index (χ0v) is 19.5. The Morgan fingerprint density at radius 2 is 1.70 bits per heavy atom. The van der Waals surface area contributed by atoms with Crippen molar-refractivity contribution in [3.63, 3.8) is 0 Å². The number of carbonyl (C=O) groups excluding carboxylic acids is 1. The Hall–Kier alpha value is -3.63. The van der Waals surface area contributed by atoms with Gasteiger partial charge in [-0.3, -0.25) is 13.9 Å². The number of thiazole rings is 1. The van der Waals surface area contributed by atoms with Crippen LogP contribution < -0.4 is 19.2 Å². The second-order valence-corrected chi connectivity index (χ2v) is 10.2. The van der Waals surface area contributed by atoms with Gasteiger partial charge in [-0.2, -0.15) is 0 Å². The molecular formula is C23H21N3O5S2. The van der Waals surface area contributed by atoms with Gasteiger partial charge in [0.1, 0.15) is 18.0 Å². The first-order valence-corrected chi connectivity index (χ1v) is 12.6. The molecule has 0 spiro atoms. The highest BCUT2D eigenvalue weighted by Crippen LogP contribution is 2.26. The van der Waals surface area contributed by atoms with Crippen molar-refractivity contribution in [3.05, 3.63) is 82.5 Å². The van der Waals surface area contributed by atoms with Crippen LogP contribution >= 0.6 is 11.3 Å². The van der Waals surface area contributed by atoms with Crippen LogP contribution in [0.3, 0.4) is 0 Å². The average molecular weight is 484 g/mol. The molecule has 0 aliphatic heterocycles. The maximum Gasteiger partial charge on any atom is 0.307 e. The summed E-state index contributed by atoms with van der Waals surface area (Å²) in [4.78, 5) is 24.4. The second-order valence-electron chi connectivity index (χ2n) is 7.34. The van der Waals surface area contributed by atoms with Crippen LogP contribution in [0.5, 0.6) is 11.5 Å². The quantitative estimate of drug-likeness (QED) is 0.431. The van der Waals surface area contributed by atoms with E-state index in [4.69, 9.17) is 4.74 Å². The van der Waals surface area contributed by atoms with E-state index in [1.165, 1.54) is 4.57 Å². The van der Waals surface area contributed by atoms with Crippen molar-refractivity contribution in [2.75, 3.05) is 22.4 Å². The Bertz CT molecular complexity index is 1460. The van der Waals surface area contributed by atoms with E-state index in [1.54, 1.807) is 49.5 Å². The summed E-state index contributed by atoms with van der Waals surface area (Å²) in [5, 5.41) is 2.70. The van der Waals surface area contributed by atoms with Gasteiger partial charge in [0.25, 0.3) is 0 Å². The highest BCUT2D eigenvalue weighted by molar-refractivity contribution is 7.92. The minimum atomic E-state index is -3.72. The van der Waals surface area contributed by atoms with Gasteiger partial charge in [-0.25, -0.2) is 8.42 Å². The van der Waals surface area contributed by atoms with Crippen LogP contribution in [0.15, 0.2) is 77.6 Å². The molecule has 0 bridgehead atoms. The summed E-state index contributed by atoms with van der Waals surface area (Å²) in [6.07, 6.45) is 1.04. The molecule has 0 aliphatic rings. The molecule has 33 heavy (non-hydrogen) atoms. The van der Waals surface area contributed by atoms with E-state index < -0.39 is 22.5 Å². The Morgan fingerprint density at radius 3 is 2.36 bits per heavy atom. The maximum atomic E-state index is 12.7. The van der Waals surface area contributed by atoms with E-state index in [1.807, 2.05) is 30.3 Å². The SMILES string of the molecule is Cn1c(=O)sc2cc(NC(=O)CN(c3ccc(Oc4ccccc4)cc3)S(C)(=O)=O)ccc21. The first-order chi connectivity index (χ1) is 15.7. The zero-order valence-electron chi connectivity index (χ0n) is 17.9. The van der Waals surface area contributed by atoms with E-state index in [2.05, 4.69) is 5.32 Å². The van der Waals surface area contributed by atoms with Gasteiger partial charge in [0.2, 0.25) is 15.9 Å². The number of fused-ring (bicyclic) bond motifs is 1. The summed E-state index contributed by atoms with van der Waals surface area (Å²) < 4.78 is 33.8. The molecule has 170 valence electrons. The molecule has 0 fully saturated rings. The fourth-order valence-corrected chi connectivity index (χ4v) is 5.02. The normalized spacial score (nSPS) is 11.3. The molecule has 0 unspecified atom stereocenters. The maximum absolute atomic E-state index is 12.7. The van der Waals surface area contributed by atoms with Gasteiger partial charge in [0.15, 0.2) is 0 Å². The second kappa shape index (κ2) is 9.08. The van der Waals surface area contributed by atoms with Gasteiger partial charge >= 0.3 is 4.87 Å². The van der Waals surface area contributed by atoms with Gasteiger partial charge in [-0.05, 0) is 54.6 Å². The Morgan fingerprint density at radius 1 is 1.03 bits per heavy atom. The predicted octanol–water partition coefficient (Wildman–Crippen LogP) is 3.80. The van der Waals surface area contributed by atoms with E-state index >= 15 is 0 Å². The minimum Gasteiger partial charge on any atom is -0.457 e. The molecule has 1 amide bonds. The molecule has 1 aromatic heterocycles. The van der Waals surface area contributed by atoms with E-state index in [0.29, 0.717) is 22.9 Å². The molecule has 1 N–H and O–H groups in total. The van der Waals surface area contributed by atoms with Gasteiger partial charge < -0.3 is 14.6 Å². The predicted molar refractivity (Wildman–Crippen MR) is 131 cm³/mol. The van der Waals surface area contributed by atoms with Crippen molar-refractivity contribution in [2.24, 2.45) is 7.05 Å². The highest BCUT2D eigenvalue weighted by Gasteiger charge is 2.21. The summed E-state index contributed by atoms with van der Waals surface area (Å²) in [5.41, 5.74) is 1.58. The lowest BCUT2D eigenvalue weighted by molar-refractivity contribution is -0.114. The lowest BCUT2D eigenvalue weighted by Gasteiger charge is -2.22. The smallest absolute Gasteiger partial charge is 0.307 e. The van der Waals surface area contributed by atoms with Crippen LogP contribution in [0.2, 0.25) is 0 Å². The van der Waals surface area contributed by atoms with Gasteiger partial charge in [0, 0.05) is 12.7 Å². The van der Waals surface area contributed by atoms with Crippen molar-refractivity contribution in [3.8, 4) is 11.5 Å². The van der Waals surface area contributed by atoms with Crippen molar-refractivity contribution < 1.29 is 17.9 Å². The van der Waals surface area contributed by atoms with E-state index in [9.17, 15) is 18.0 Å². The van der Waals surface area contributed by atoms with E-state index in [0.717, 1.165) is 32.1 Å². The Labute approximate surface area is 194 Å². The molecule has 10 heteroatoms. The zero-order chi connectivity index (χ0) is 23.6. The van der Waals surface area contributed by atoms with Gasteiger partial charge in [-0.1, -0.05) is 29.5 Å². The fraction of sp³-hybridized carbons (Fsp3) is 0.130. The Kier molecular flexibility index (Phi) is 6.21. The molecule has 0 saturated carbocycles.